The normalized spacial score (nSPS) is 17.5. The molecular weight excluding hydrogens is 404 g/mol. The number of rotatable bonds is 6. The van der Waals surface area contributed by atoms with E-state index in [1.165, 1.54) is 17.2 Å². The molecule has 156 valence electrons. The molecule has 2 aliphatic rings. The van der Waals surface area contributed by atoms with Crippen LogP contribution in [0.3, 0.4) is 0 Å². The molecule has 0 saturated carbocycles. The lowest BCUT2D eigenvalue weighted by Crippen LogP contribution is -2.40. The van der Waals surface area contributed by atoms with Gasteiger partial charge < -0.3 is 14.2 Å². The molecule has 10 heteroatoms. The average Bonchev–Trinajstić information content (AvgIpc) is 3.16. The van der Waals surface area contributed by atoms with Crippen LogP contribution in [0, 0.1) is 11.6 Å². The van der Waals surface area contributed by atoms with E-state index in [2.05, 4.69) is 9.88 Å². The van der Waals surface area contributed by atoms with E-state index in [9.17, 15) is 13.6 Å². The smallest absolute Gasteiger partial charge is 0.298 e. The predicted molar refractivity (Wildman–Crippen MR) is 104 cm³/mol. The van der Waals surface area contributed by atoms with Gasteiger partial charge in [-0.2, -0.15) is 0 Å². The van der Waals surface area contributed by atoms with Gasteiger partial charge in [-0.25, -0.2) is 13.8 Å². The van der Waals surface area contributed by atoms with Gasteiger partial charge in [-0.15, -0.1) is 0 Å². The quantitative estimate of drug-likeness (QED) is 0.709. The van der Waals surface area contributed by atoms with Crippen LogP contribution < -0.4 is 4.90 Å². The number of carbonyl (C=O) groups excluding carboxylic acids is 1. The molecule has 1 amide bonds. The molecule has 1 aromatic heterocycles. The number of carbonyl (C=O) groups is 1. The predicted octanol–water partition coefficient (Wildman–Crippen LogP) is 2.52. The van der Waals surface area contributed by atoms with E-state index >= 15 is 0 Å². The largest absolute Gasteiger partial charge is 0.494 e. The van der Waals surface area contributed by atoms with Crippen LogP contribution >= 0.6 is 11.3 Å². The summed E-state index contributed by atoms with van der Waals surface area (Å²) in [6.45, 7) is 4.90. The number of thiazole rings is 1. The van der Waals surface area contributed by atoms with Crippen molar-refractivity contribution >= 4 is 32.6 Å². The molecule has 7 nitrogen and oxygen atoms in total. The van der Waals surface area contributed by atoms with Crippen molar-refractivity contribution in [3.63, 3.8) is 0 Å². The van der Waals surface area contributed by atoms with Crippen LogP contribution in [0.25, 0.3) is 10.2 Å². The van der Waals surface area contributed by atoms with Crippen molar-refractivity contribution in [2.24, 2.45) is 0 Å². The molecule has 4 rings (SSSR count). The highest BCUT2D eigenvalue weighted by atomic mass is 32.1. The summed E-state index contributed by atoms with van der Waals surface area (Å²) in [5.41, 5.74) is 0.0483. The van der Waals surface area contributed by atoms with Crippen LogP contribution in [-0.4, -0.2) is 68.4 Å². The van der Waals surface area contributed by atoms with Gasteiger partial charge in [-0.05, 0) is 12.5 Å². The van der Waals surface area contributed by atoms with Crippen LogP contribution in [-0.2, 0) is 19.0 Å². The highest BCUT2D eigenvalue weighted by Crippen LogP contribution is 2.32. The van der Waals surface area contributed by atoms with Crippen molar-refractivity contribution < 1.29 is 27.8 Å². The van der Waals surface area contributed by atoms with E-state index in [4.69, 9.17) is 14.2 Å². The SMILES string of the molecule is O=C(C1=COCCO1)N(CCCN1CCOCC1)c1nc2c(F)cc(F)cc2s1. The highest BCUT2D eigenvalue weighted by molar-refractivity contribution is 7.22. The van der Waals surface area contributed by atoms with Crippen LogP contribution in [0.15, 0.2) is 24.2 Å². The summed E-state index contributed by atoms with van der Waals surface area (Å²) >= 11 is 1.07. The number of amides is 1. The zero-order valence-corrected chi connectivity index (χ0v) is 16.6. The molecule has 2 aliphatic heterocycles. The Kier molecular flexibility index (Phi) is 6.22. The summed E-state index contributed by atoms with van der Waals surface area (Å²) in [7, 11) is 0. The van der Waals surface area contributed by atoms with Gasteiger partial charge in [0.1, 0.15) is 30.8 Å². The van der Waals surface area contributed by atoms with Gasteiger partial charge in [0.05, 0.1) is 17.9 Å². The molecule has 1 aromatic carbocycles. The topological polar surface area (TPSA) is 64.1 Å². The summed E-state index contributed by atoms with van der Waals surface area (Å²) in [5, 5.41) is 0.298. The number of fused-ring (bicyclic) bond motifs is 1. The minimum Gasteiger partial charge on any atom is -0.494 e. The van der Waals surface area contributed by atoms with Gasteiger partial charge in [0.15, 0.2) is 10.9 Å². The molecule has 29 heavy (non-hydrogen) atoms. The Morgan fingerprint density at radius 3 is 2.79 bits per heavy atom. The minimum atomic E-state index is -0.750. The Morgan fingerprint density at radius 1 is 1.21 bits per heavy atom. The summed E-state index contributed by atoms with van der Waals surface area (Å²) in [6, 6.07) is 2.01. The second-order valence-electron chi connectivity index (χ2n) is 6.70. The molecule has 2 aromatic rings. The fourth-order valence-corrected chi connectivity index (χ4v) is 4.27. The zero-order chi connectivity index (χ0) is 20.2. The van der Waals surface area contributed by atoms with Gasteiger partial charge in [-0.1, -0.05) is 11.3 Å². The summed E-state index contributed by atoms with van der Waals surface area (Å²) in [5.74, 6) is -1.76. The number of hydrogen-bond acceptors (Lipinski definition) is 7. The molecule has 0 spiro atoms. The maximum Gasteiger partial charge on any atom is 0.298 e. The fourth-order valence-electron chi connectivity index (χ4n) is 3.24. The summed E-state index contributed by atoms with van der Waals surface area (Å²) in [6.07, 6.45) is 1.97. The Morgan fingerprint density at radius 2 is 2.03 bits per heavy atom. The van der Waals surface area contributed by atoms with Crippen LogP contribution in [0.2, 0.25) is 0 Å². The van der Waals surface area contributed by atoms with Gasteiger partial charge in [0.25, 0.3) is 5.91 Å². The van der Waals surface area contributed by atoms with Crippen molar-refractivity contribution in [2.75, 3.05) is 57.5 Å². The lowest BCUT2D eigenvalue weighted by molar-refractivity contribution is -0.119. The van der Waals surface area contributed by atoms with Crippen LogP contribution in [0.4, 0.5) is 13.9 Å². The number of hydrogen-bond donors (Lipinski definition) is 0. The molecule has 1 saturated heterocycles. The number of anilines is 1. The fraction of sp³-hybridized carbons (Fsp3) is 0.474. The third-order valence-corrected chi connectivity index (χ3v) is 5.72. The van der Waals surface area contributed by atoms with Crippen molar-refractivity contribution in [3.05, 3.63) is 35.8 Å². The van der Waals surface area contributed by atoms with E-state index in [0.29, 0.717) is 42.6 Å². The van der Waals surface area contributed by atoms with Crippen LogP contribution in [0.5, 0.6) is 0 Å². The molecule has 3 heterocycles. The maximum atomic E-state index is 14.1. The van der Waals surface area contributed by atoms with Crippen LogP contribution in [0.1, 0.15) is 6.42 Å². The number of ether oxygens (including phenoxy) is 3. The van der Waals surface area contributed by atoms with Gasteiger partial charge in [0.2, 0.25) is 5.76 Å². The Labute approximate surface area is 170 Å². The van der Waals surface area contributed by atoms with Crippen molar-refractivity contribution in [2.45, 2.75) is 6.42 Å². The number of halogens is 2. The van der Waals surface area contributed by atoms with E-state index < -0.39 is 17.5 Å². The van der Waals surface area contributed by atoms with Gasteiger partial charge in [0, 0.05) is 32.2 Å². The molecule has 0 N–H and O–H groups in total. The van der Waals surface area contributed by atoms with E-state index in [1.54, 1.807) is 0 Å². The molecule has 0 radical (unpaired) electrons. The Balaban J connectivity index is 1.56. The first-order chi connectivity index (χ1) is 14.1. The first-order valence-electron chi connectivity index (χ1n) is 9.44. The molecule has 1 fully saturated rings. The third-order valence-electron chi connectivity index (χ3n) is 4.70. The van der Waals surface area contributed by atoms with Gasteiger partial charge in [-0.3, -0.25) is 14.6 Å². The van der Waals surface area contributed by atoms with Crippen molar-refractivity contribution in [3.8, 4) is 0 Å². The minimum absolute atomic E-state index is 0.0483. The van der Waals surface area contributed by atoms with E-state index in [1.807, 2.05) is 0 Å². The lowest BCUT2D eigenvalue weighted by Gasteiger charge is -2.28. The molecule has 0 atom stereocenters. The zero-order valence-electron chi connectivity index (χ0n) is 15.7. The third kappa shape index (κ3) is 4.65. The summed E-state index contributed by atoms with van der Waals surface area (Å²) < 4.78 is 44.0. The second kappa shape index (κ2) is 9.02. The number of morpholine rings is 1. The molecular formula is C19H21F2N3O4S. The highest BCUT2D eigenvalue weighted by Gasteiger charge is 2.27. The maximum absolute atomic E-state index is 14.1. The Hall–Kier alpha value is -2.30. The van der Waals surface area contributed by atoms with E-state index in [0.717, 1.165) is 37.0 Å². The molecule has 0 aliphatic carbocycles. The lowest BCUT2D eigenvalue weighted by atomic mass is 10.3. The average molecular weight is 425 g/mol. The van der Waals surface area contributed by atoms with Crippen molar-refractivity contribution in [1.82, 2.24) is 9.88 Å². The first-order valence-corrected chi connectivity index (χ1v) is 10.3. The number of aromatic nitrogens is 1. The first kappa shape index (κ1) is 20.0. The van der Waals surface area contributed by atoms with Gasteiger partial charge >= 0.3 is 0 Å². The number of benzene rings is 1. The standard InChI is InChI=1S/C19H21F2N3O4S/c20-13-10-14(21)17-16(11-13)29-19(22-17)24(18(25)15-12-27-8-9-28-15)3-1-2-23-4-6-26-7-5-23/h10-12H,1-9H2. The monoisotopic (exact) mass is 425 g/mol. The Bertz CT molecular complexity index is 914. The second-order valence-corrected chi connectivity index (χ2v) is 7.71. The molecule has 0 unspecified atom stereocenters. The summed E-state index contributed by atoms with van der Waals surface area (Å²) in [4.78, 5) is 21.0. The van der Waals surface area contributed by atoms with E-state index in [-0.39, 0.29) is 17.9 Å². The molecule has 0 bridgehead atoms. The number of nitrogens with zero attached hydrogens (tertiary/aromatic N) is 3. The van der Waals surface area contributed by atoms with Crippen molar-refractivity contribution in [1.29, 1.82) is 0 Å².